The summed E-state index contributed by atoms with van der Waals surface area (Å²) >= 11 is 0. The van der Waals surface area contributed by atoms with E-state index in [1.807, 2.05) is 41.4 Å². The van der Waals surface area contributed by atoms with E-state index in [1.54, 1.807) is 11.1 Å². The van der Waals surface area contributed by atoms with E-state index in [0.717, 1.165) is 54.8 Å². The van der Waals surface area contributed by atoms with Crippen LogP contribution in [0, 0.1) is 0 Å². The Balaban J connectivity index is 1.14. The average Bonchev–Trinajstić information content (AvgIpc) is 3.49. The van der Waals surface area contributed by atoms with Gasteiger partial charge in [0.2, 0.25) is 5.91 Å². The van der Waals surface area contributed by atoms with E-state index in [-0.39, 0.29) is 18.0 Å². The lowest BCUT2D eigenvalue weighted by atomic mass is 9.99. The number of amides is 3. The fourth-order valence-corrected chi connectivity index (χ4v) is 4.62. The Morgan fingerprint density at radius 1 is 1.09 bits per heavy atom. The van der Waals surface area contributed by atoms with Gasteiger partial charge in [0, 0.05) is 50.9 Å². The van der Waals surface area contributed by atoms with Crippen LogP contribution in [0.25, 0.3) is 5.57 Å². The van der Waals surface area contributed by atoms with Gasteiger partial charge in [0.05, 0.1) is 12.5 Å². The number of hydrogen-bond donors (Lipinski definition) is 1. The van der Waals surface area contributed by atoms with Crippen LogP contribution in [0.15, 0.2) is 48.8 Å². The van der Waals surface area contributed by atoms with Crippen LogP contribution < -0.4 is 5.32 Å². The van der Waals surface area contributed by atoms with Crippen LogP contribution in [0.1, 0.15) is 42.4 Å². The molecule has 7 nitrogen and oxygen atoms in total. The van der Waals surface area contributed by atoms with Crippen LogP contribution in [0.5, 0.6) is 0 Å². The van der Waals surface area contributed by atoms with Crippen molar-refractivity contribution in [2.75, 3.05) is 25.0 Å². The summed E-state index contributed by atoms with van der Waals surface area (Å²) in [5, 5.41) is 2.99. The first kappa shape index (κ1) is 20.7. The van der Waals surface area contributed by atoms with E-state index < -0.39 is 0 Å². The fraction of sp³-hybridized carbons (Fsp3) is 0.400. The van der Waals surface area contributed by atoms with E-state index in [9.17, 15) is 9.59 Å². The molecule has 2 aromatic rings. The molecular formula is C25H28N4O3. The van der Waals surface area contributed by atoms with Gasteiger partial charge in [-0.1, -0.05) is 18.2 Å². The molecule has 0 saturated carbocycles. The molecule has 166 valence electrons. The van der Waals surface area contributed by atoms with Crippen molar-refractivity contribution < 1.29 is 14.3 Å². The van der Waals surface area contributed by atoms with Crippen molar-refractivity contribution in [3.63, 3.8) is 0 Å². The highest BCUT2D eigenvalue weighted by atomic mass is 16.5. The lowest BCUT2D eigenvalue weighted by molar-refractivity contribution is -0.133. The summed E-state index contributed by atoms with van der Waals surface area (Å²) < 4.78 is 5.59. The number of ether oxygens (including phenoxy) is 1. The van der Waals surface area contributed by atoms with Gasteiger partial charge < -0.3 is 19.9 Å². The third-order valence-electron chi connectivity index (χ3n) is 6.51. The molecule has 0 aliphatic carbocycles. The van der Waals surface area contributed by atoms with Crippen LogP contribution >= 0.6 is 0 Å². The maximum Gasteiger partial charge on any atom is 0.322 e. The van der Waals surface area contributed by atoms with E-state index in [1.165, 1.54) is 5.57 Å². The van der Waals surface area contributed by atoms with Crippen molar-refractivity contribution in [3.05, 3.63) is 65.5 Å². The summed E-state index contributed by atoms with van der Waals surface area (Å²) in [4.78, 5) is 33.0. The second-order valence-electron chi connectivity index (χ2n) is 8.67. The van der Waals surface area contributed by atoms with Gasteiger partial charge in [-0.2, -0.15) is 0 Å². The zero-order valence-electron chi connectivity index (χ0n) is 18.1. The zero-order valence-corrected chi connectivity index (χ0v) is 18.1. The summed E-state index contributed by atoms with van der Waals surface area (Å²) in [7, 11) is 0. The number of carbonyl (C=O) groups excluding carboxylic acids is 2. The number of pyridine rings is 1. The van der Waals surface area contributed by atoms with Crippen molar-refractivity contribution in [2.24, 2.45) is 0 Å². The molecule has 1 atom stereocenters. The van der Waals surface area contributed by atoms with Gasteiger partial charge >= 0.3 is 6.03 Å². The van der Waals surface area contributed by atoms with Gasteiger partial charge in [-0.05, 0) is 59.7 Å². The van der Waals surface area contributed by atoms with E-state index in [2.05, 4.69) is 16.4 Å². The average molecular weight is 433 g/mol. The molecule has 1 unspecified atom stereocenters. The Labute approximate surface area is 188 Å². The normalized spacial score (nSPS) is 20.1. The minimum Gasteiger partial charge on any atom is -0.378 e. The van der Waals surface area contributed by atoms with Crippen LogP contribution in [0.3, 0.4) is 0 Å². The predicted molar refractivity (Wildman–Crippen MR) is 122 cm³/mol. The van der Waals surface area contributed by atoms with Crippen molar-refractivity contribution >= 4 is 23.2 Å². The number of carbonyl (C=O) groups is 2. The smallest absolute Gasteiger partial charge is 0.322 e. The van der Waals surface area contributed by atoms with Crippen molar-refractivity contribution in [1.29, 1.82) is 0 Å². The standard InChI is InChI=1S/C25H28N4O3/c30-24(14-23-2-1-13-32-23)28-11-8-19(9-12-28)18-3-5-22(6-4-18)27-25(31)29-16-20-7-10-26-15-21(20)17-29/h3-8,10,15,23H,1-2,9,11-14,16-17H2,(H,27,31). The molecule has 3 amide bonds. The Hall–Kier alpha value is -3.19. The highest BCUT2D eigenvalue weighted by molar-refractivity contribution is 5.90. The molecule has 1 N–H and O–H groups in total. The first-order valence-electron chi connectivity index (χ1n) is 11.3. The lowest BCUT2D eigenvalue weighted by Gasteiger charge is -2.27. The molecule has 5 rings (SSSR count). The quantitative estimate of drug-likeness (QED) is 0.797. The molecule has 1 aromatic carbocycles. The van der Waals surface area contributed by atoms with Crippen LogP contribution in [0.2, 0.25) is 0 Å². The molecule has 32 heavy (non-hydrogen) atoms. The number of urea groups is 1. The molecule has 0 radical (unpaired) electrons. The van der Waals surface area contributed by atoms with E-state index in [4.69, 9.17) is 4.74 Å². The summed E-state index contributed by atoms with van der Waals surface area (Å²) in [6.45, 7) is 3.35. The van der Waals surface area contributed by atoms with Crippen molar-refractivity contribution in [3.8, 4) is 0 Å². The molecule has 3 aliphatic rings. The Morgan fingerprint density at radius 3 is 2.66 bits per heavy atom. The number of benzene rings is 1. The molecule has 1 saturated heterocycles. The monoisotopic (exact) mass is 432 g/mol. The summed E-state index contributed by atoms with van der Waals surface area (Å²) in [5.41, 5.74) is 5.40. The molecule has 3 aliphatic heterocycles. The fourth-order valence-electron chi connectivity index (χ4n) is 4.62. The predicted octanol–water partition coefficient (Wildman–Crippen LogP) is 3.81. The molecule has 7 heteroatoms. The number of nitrogens with zero attached hydrogens (tertiary/aromatic N) is 3. The highest BCUT2D eigenvalue weighted by Crippen LogP contribution is 2.26. The minimum absolute atomic E-state index is 0.0991. The van der Waals surface area contributed by atoms with Gasteiger partial charge in [-0.3, -0.25) is 9.78 Å². The lowest BCUT2D eigenvalue weighted by Crippen LogP contribution is -2.36. The van der Waals surface area contributed by atoms with Crippen LogP contribution in [0.4, 0.5) is 10.5 Å². The van der Waals surface area contributed by atoms with Gasteiger partial charge in [-0.15, -0.1) is 0 Å². The van der Waals surface area contributed by atoms with E-state index >= 15 is 0 Å². The number of aromatic nitrogens is 1. The van der Waals surface area contributed by atoms with Gasteiger partial charge in [-0.25, -0.2) is 4.79 Å². The Kier molecular flexibility index (Phi) is 5.90. The minimum atomic E-state index is -0.105. The molecule has 1 aromatic heterocycles. The first-order chi connectivity index (χ1) is 15.7. The topological polar surface area (TPSA) is 74.8 Å². The number of rotatable bonds is 4. The van der Waals surface area contributed by atoms with Crippen molar-refractivity contribution in [1.82, 2.24) is 14.8 Å². The Morgan fingerprint density at radius 2 is 1.94 bits per heavy atom. The number of anilines is 1. The third-order valence-corrected chi connectivity index (χ3v) is 6.51. The molecule has 0 spiro atoms. The first-order valence-corrected chi connectivity index (χ1v) is 11.3. The maximum absolute atomic E-state index is 12.6. The van der Waals surface area contributed by atoms with Gasteiger partial charge in [0.1, 0.15) is 0 Å². The van der Waals surface area contributed by atoms with Crippen LogP contribution in [-0.2, 0) is 22.6 Å². The number of fused-ring (bicyclic) bond motifs is 1. The summed E-state index contributed by atoms with van der Waals surface area (Å²) in [6.07, 6.45) is 9.21. The molecule has 4 heterocycles. The summed E-state index contributed by atoms with van der Waals surface area (Å²) in [6, 6.07) is 9.81. The van der Waals surface area contributed by atoms with Crippen molar-refractivity contribution in [2.45, 2.75) is 44.9 Å². The molecule has 1 fully saturated rings. The highest BCUT2D eigenvalue weighted by Gasteiger charge is 2.25. The number of hydrogen-bond acceptors (Lipinski definition) is 4. The van der Waals surface area contributed by atoms with E-state index in [0.29, 0.717) is 26.1 Å². The van der Waals surface area contributed by atoms with Gasteiger partial charge in [0.25, 0.3) is 0 Å². The Bertz CT molecular complexity index is 1000. The second kappa shape index (κ2) is 9.12. The molecular weight excluding hydrogens is 404 g/mol. The van der Waals surface area contributed by atoms with Crippen LogP contribution in [-0.4, -0.2) is 52.5 Å². The molecule has 0 bridgehead atoms. The maximum atomic E-state index is 12.6. The van der Waals surface area contributed by atoms with Gasteiger partial charge in [0.15, 0.2) is 0 Å². The SMILES string of the molecule is O=C(CC1CCCO1)N1CC=C(c2ccc(NC(=O)N3Cc4ccncc4C3)cc2)CC1. The third kappa shape index (κ3) is 4.53. The largest absolute Gasteiger partial charge is 0.378 e. The second-order valence-corrected chi connectivity index (χ2v) is 8.67. The number of nitrogens with one attached hydrogen (secondary N) is 1. The zero-order chi connectivity index (χ0) is 21.9. The summed E-state index contributed by atoms with van der Waals surface area (Å²) in [5.74, 6) is 0.185.